The largest absolute Gasteiger partial charge is 0.433 e. The molecule has 1 aliphatic rings. The highest BCUT2D eigenvalue weighted by Crippen LogP contribution is 2.34. The molecular weight excluding hydrogens is 323 g/mol. The molecule has 0 aliphatic heterocycles. The number of aryl methyl sites for hydroxylation is 1. The van der Waals surface area contributed by atoms with E-state index >= 15 is 0 Å². The summed E-state index contributed by atoms with van der Waals surface area (Å²) in [7, 11) is 0. The second kappa shape index (κ2) is 5.94. The molecule has 8 heteroatoms. The van der Waals surface area contributed by atoms with E-state index in [4.69, 9.17) is 0 Å². The first-order valence-electron chi connectivity index (χ1n) is 7.52. The van der Waals surface area contributed by atoms with Crippen LogP contribution in [0.25, 0.3) is 0 Å². The molecule has 1 aromatic heterocycles. The number of rotatable bonds is 3. The Bertz CT molecular complexity index is 770. The van der Waals surface area contributed by atoms with Crippen molar-refractivity contribution >= 4 is 5.91 Å². The summed E-state index contributed by atoms with van der Waals surface area (Å²) in [6, 6.07) is 6.40. The molecule has 1 aliphatic carbocycles. The van der Waals surface area contributed by atoms with Crippen molar-refractivity contribution < 1.29 is 23.1 Å². The fourth-order valence-electron chi connectivity index (χ4n) is 3.06. The molecule has 128 valence electrons. The molecule has 1 heterocycles. The number of hydrogen-bond donors (Lipinski definition) is 2. The smallest absolute Gasteiger partial charge is 0.390 e. The number of aromatic nitrogens is 2. The zero-order valence-electron chi connectivity index (χ0n) is 12.8. The lowest BCUT2D eigenvalue weighted by atomic mass is 10.1. The second-order valence-corrected chi connectivity index (χ2v) is 5.64. The van der Waals surface area contributed by atoms with Gasteiger partial charge in [0.1, 0.15) is 0 Å². The summed E-state index contributed by atoms with van der Waals surface area (Å²) in [5.74, 6) is -0.900. The third-order valence-electron chi connectivity index (χ3n) is 4.14. The molecule has 0 radical (unpaired) electrons. The number of hydrogen-bond acceptors (Lipinski definition) is 3. The molecule has 2 N–H and O–H groups in total. The topological polar surface area (TPSA) is 67.2 Å². The SMILES string of the molecule is CCn1ncc(C(=O)NC2c3ccccc3CC2O)c1C(F)(F)F. The zero-order chi connectivity index (χ0) is 17.5. The van der Waals surface area contributed by atoms with Crippen molar-refractivity contribution in [2.75, 3.05) is 0 Å². The number of carbonyl (C=O) groups is 1. The Balaban J connectivity index is 1.91. The first kappa shape index (κ1) is 16.5. The summed E-state index contributed by atoms with van der Waals surface area (Å²) in [5, 5.41) is 16.3. The maximum Gasteiger partial charge on any atom is 0.433 e. The molecule has 24 heavy (non-hydrogen) atoms. The van der Waals surface area contributed by atoms with Crippen LogP contribution in [0.15, 0.2) is 30.5 Å². The maximum absolute atomic E-state index is 13.2. The number of fused-ring (bicyclic) bond motifs is 1. The highest BCUT2D eigenvalue weighted by Gasteiger charge is 2.41. The van der Waals surface area contributed by atoms with Gasteiger partial charge in [0.15, 0.2) is 5.69 Å². The van der Waals surface area contributed by atoms with E-state index in [0.717, 1.165) is 22.0 Å². The predicted molar refractivity (Wildman–Crippen MR) is 79.3 cm³/mol. The lowest BCUT2D eigenvalue weighted by Gasteiger charge is -2.18. The molecular formula is C16H16F3N3O2. The van der Waals surface area contributed by atoms with Crippen molar-refractivity contribution in [2.24, 2.45) is 0 Å². The maximum atomic E-state index is 13.2. The quantitative estimate of drug-likeness (QED) is 0.902. The molecule has 3 rings (SSSR count). The van der Waals surface area contributed by atoms with E-state index in [2.05, 4.69) is 10.4 Å². The van der Waals surface area contributed by atoms with E-state index in [9.17, 15) is 23.1 Å². The molecule has 5 nitrogen and oxygen atoms in total. The predicted octanol–water partition coefficient (Wildman–Crippen LogP) is 2.31. The summed E-state index contributed by atoms with van der Waals surface area (Å²) in [6.07, 6.45) is -4.30. The number of nitrogens with one attached hydrogen (secondary N) is 1. The third kappa shape index (κ3) is 2.77. The number of benzene rings is 1. The number of nitrogens with zero attached hydrogens (tertiary/aromatic N) is 2. The van der Waals surface area contributed by atoms with Crippen LogP contribution in [-0.4, -0.2) is 26.9 Å². The van der Waals surface area contributed by atoms with Crippen LogP contribution >= 0.6 is 0 Å². The van der Waals surface area contributed by atoms with Gasteiger partial charge in [0.05, 0.1) is 23.9 Å². The van der Waals surface area contributed by atoms with Crippen LogP contribution in [0.1, 0.15) is 40.1 Å². The summed E-state index contributed by atoms with van der Waals surface area (Å²) >= 11 is 0. The van der Waals surface area contributed by atoms with Gasteiger partial charge in [0, 0.05) is 13.0 Å². The number of aliphatic hydroxyl groups is 1. The molecule has 1 aromatic carbocycles. The monoisotopic (exact) mass is 339 g/mol. The summed E-state index contributed by atoms with van der Waals surface area (Å²) < 4.78 is 40.4. The zero-order valence-corrected chi connectivity index (χ0v) is 12.8. The minimum Gasteiger partial charge on any atom is -0.390 e. The average Bonchev–Trinajstić information content (AvgIpc) is 3.09. The van der Waals surface area contributed by atoms with Gasteiger partial charge in [0.25, 0.3) is 5.91 Å². The van der Waals surface area contributed by atoms with Gasteiger partial charge >= 0.3 is 6.18 Å². The highest BCUT2D eigenvalue weighted by atomic mass is 19.4. The van der Waals surface area contributed by atoms with Crippen molar-refractivity contribution in [1.29, 1.82) is 0 Å². The van der Waals surface area contributed by atoms with Gasteiger partial charge in [-0.05, 0) is 18.1 Å². The minimum atomic E-state index is -4.69. The molecule has 0 saturated carbocycles. The second-order valence-electron chi connectivity index (χ2n) is 5.64. The molecule has 2 aromatic rings. The number of aliphatic hydroxyl groups excluding tert-OH is 1. The number of alkyl halides is 3. The Morgan fingerprint density at radius 1 is 1.42 bits per heavy atom. The molecule has 2 unspecified atom stereocenters. The molecule has 0 fully saturated rings. The van der Waals surface area contributed by atoms with Crippen LogP contribution in [0.2, 0.25) is 0 Å². The standard InChI is InChI=1S/C16H16F3N3O2/c1-2-22-14(16(17,18)19)11(8-20-22)15(24)21-13-10-6-4-3-5-9(10)7-12(13)23/h3-6,8,12-13,23H,2,7H2,1H3,(H,21,24). The summed E-state index contributed by atoms with van der Waals surface area (Å²) in [4.78, 5) is 12.4. The average molecular weight is 339 g/mol. The Labute approximate surface area is 136 Å². The molecule has 2 atom stereocenters. The van der Waals surface area contributed by atoms with E-state index in [-0.39, 0.29) is 6.54 Å². The van der Waals surface area contributed by atoms with Crippen LogP contribution in [0.3, 0.4) is 0 Å². The Morgan fingerprint density at radius 3 is 2.79 bits per heavy atom. The molecule has 0 saturated heterocycles. The van der Waals surface area contributed by atoms with E-state index in [1.165, 1.54) is 6.92 Å². The van der Waals surface area contributed by atoms with Gasteiger partial charge in [-0.25, -0.2) is 0 Å². The first-order chi connectivity index (χ1) is 11.3. The van der Waals surface area contributed by atoms with Gasteiger partial charge in [-0.15, -0.1) is 0 Å². The molecule has 0 spiro atoms. The van der Waals surface area contributed by atoms with E-state index in [0.29, 0.717) is 6.42 Å². The van der Waals surface area contributed by atoms with E-state index < -0.39 is 35.5 Å². The first-order valence-corrected chi connectivity index (χ1v) is 7.52. The van der Waals surface area contributed by atoms with Crippen LogP contribution in [0, 0.1) is 0 Å². The van der Waals surface area contributed by atoms with Crippen molar-refractivity contribution in [1.82, 2.24) is 15.1 Å². The van der Waals surface area contributed by atoms with Crippen LogP contribution < -0.4 is 5.32 Å². The fraction of sp³-hybridized carbons (Fsp3) is 0.375. The van der Waals surface area contributed by atoms with Crippen molar-refractivity contribution in [3.63, 3.8) is 0 Å². The Morgan fingerprint density at radius 2 is 2.12 bits per heavy atom. The summed E-state index contributed by atoms with van der Waals surface area (Å²) in [5.41, 5.74) is -0.0328. The van der Waals surface area contributed by atoms with Gasteiger partial charge in [-0.2, -0.15) is 18.3 Å². The normalized spacial score (nSPS) is 20.0. The molecule has 0 bridgehead atoms. The van der Waals surface area contributed by atoms with Gasteiger partial charge in [-0.1, -0.05) is 24.3 Å². The van der Waals surface area contributed by atoms with Crippen LogP contribution in [-0.2, 0) is 19.1 Å². The van der Waals surface area contributed by atoms with Crippen LogP contribution in [0.5, 0.6) is 0 Å². The van der Waals surface area contributed by atoms with Gasteiger partial charge in [-0.3, -0.25) is 9.48 Å². The fourth-order valence-corrected chi connectivity index (χ4v) is 3.06. The molecule has 1 amide bonds. The number of carbonyl (C=O) groups excluding carboxylic acids is 1. The van der Waals surface area contributed by atoms with E-state index in [1.807, 2.05) is 12.1 Å². The summed E-state index contributed by atoms with van der Waals surface area (Å²) in [6.45, 7) is 1.51. The number of halogens is 3. The third-order valence-corrected chi connectivity index (χ3v) is 4.14. The number of amides is 1. The lowest BCUT2D eigenvalue weighted by Crippen LogP contribution is -2.35. The minimum absolute atomic E-state index is 0.00297. The lowest BCUT2D eigenvalue weighted by molar-refractivity contribution is -0.144. The van der Waals surface area contributed by atoms with Crippen molar-refractivity contribution in [3.8, 4) is 0 Å². The Hall–Kier alpha value is -2.35. The van der Waals surface area contributed by atoms with Gasteiger partial charge in [0.2, 0.25) is 0 Å². The van der Waals surface area contributed by atoms with Crippen molar-refractivity contribution in [3.05, 3.63) is 52.8 Å². The van der Waals surface area contributed by atoms with Gasteiger partial charge < -0.3 is 10.4 Å². The van der Waals surface area contributed by atoms with Crippen molar-refractivity contribution in [2.45, 2.75) is 38.2 Å². The van der Waals surface area contributed by atoms with E-state index in [1.54, 1.807) is 12.1 Å². The van der Waals surface area contributed by atoms with Crippen LogP contribution in [0.4, 0.5) is 13.2 Å². The Kier molecular flexibility index (Phi) is 4.08. The highest BCUT2D eigenvalue weighted by molar-refractivity contribution is 5.95.